The Kier molecular flexibility index (Phi) is 8.18. The van der Waals surface area contributed by atoms with Crippen LogP contribution >= 0.6 is 11.8 Å². The molecule has 0 aliphatic carbocycles. The summed E-state index contributed by atoms with van der Waals surface area (Å²) in [6, 6.07) is -1.91. The fraction of sp³-hybridized carbons (Fsp3) is 0.750. The fourth-order valence-corrected chi connectivity index (χ4v) is 5.01. The van der Waals surface area contributed by atoms with E-state index in [1.807, 2.05) is 0 Å². The molecule has 0 spiro atoms. The Morgan fingerprint density at radius 3 is 2.43 bits per heavy atom. The first-order chi connectivity index (χ1) is 13.3. The molecule has 5 atom stereocenters. The molecule has 2 saturated heterocycles. The predicted molar refractivity (Wildman–Crippen MR) is 105 cm³/mol. The number of carbonyl (C=O) groups excluding carboxylic acids is 1. The smallest absolute Gasteiger partial charge is 0.320 e. The van der Waals surface area contributed by atoms with Crippen molar-refractivity contribution < 1.29 is 24.6 Å². The summed E-state index contributed by atoms with van der Waals surface area (Å²) in [5, 5.41) is 27.5. The van der Waals surface area contributed by atoms with Gasteiger partial charge in [-0.1, -0.05) is 6.42 Å². The molecule has 0 bridgehead atoms. The first-order valence-electron chi connectivity index (χ1n) is 9.23. The third-order valence-corrected chi connectivity index (χ3v) is 6.37. The normalized spacial score (nSPS) is 25.3. The Morgan fingerprint density at radius 2 is 1.82 bits per heavy atom. The molecular formula is C16H28N6O5S. The number of thioether (sulfide) groups is 1. The number of aliphatic imine (C=N–C) groups is 1. The van der Waals surface area contributed by atoms with Gasteiger partial charge in [0.1, 0.15) is 12.1 Å². The summed E-state index contributed by atoms with van der Waals surface area (Å²) in [6.45, 7) is 0.284. The second kappa shape index (κ2) is 10.4. The van der Waals surface area contributed by atoms with E-state index >= 15 is 0 Å². The summed E-state index contributed by atoms with van der Waals surface area (Å²) in [5.74, 6) is -1.41. The lowest BCUT2D eigenvalue weighted by atomic mass is 10.0. The van der Waals surface area contributed by atoms with Gasteiger partial charge >= 0.3 is 18.0 Å². The second-order valence-corrected chi connectivity index (χ2v) is 8.22. The average Bonchev–Trinajstić information content (AvgIpc) is 3.15. The molecule has 28 heavy (non-hydrogen) atoms. The number of nitrogens with zero attached hydrogens (tertiary/aromatic N) is 1. The van der Waals surface area contributed by atoms with Gasteiger partial charge in [0.25, 0.3) is 0 Å². The van der Waals surface area contributed by atoms with Crippen LogP contribution in [0, 0.1) is 0 Å². The van der Waals surface area contributed by atoms with Gasteiger partial charge in [-0.3, -0.25) is 19.9 Å². The average molecular weight is 417 g/mol. The van der Waals surface area contributed by atoms with Crippen LogP contribution in [0.25, 0.3) is 0 Å². The monoisotopic (exact) mass is 416 g/mol. The molecule has 1 unspecified atom stereocenters. The van der Waals surface area contributed by atoms with Crippen LogP contribution in [0.1, 0.15) is 32.1 Å². The molecule has 0 saturated carbocycles. The standard InChI is InChI=1S/C16H28N6O5S/c17-15(18)19-6-2-4-9(14(25)26)20-8(13(23)24)3-1-5-11-12-10(7-28-11)21-16(27)22-12/h8-12,20H,1-7H2,(H,23,24)(H,25,26)(H4,17,18,19)(H2,21,22,27)/t8?,9-,10-,11-,12-/m0/s1. The van der Waals surface area contributed by atoms with Crippen LogP contribution in [-0.4, -0.2) is 75.9 Å². The number of amides is 2. The zero-order chi connectivity index (χ0) is 20.7. The lowest BCUT2D eigenvalue weighted by Gasteiger charge is -2.21. The number of carbonyl (C=O) groups is 3. The molecule has 0 radical (unpaired) electrons. The van der Waals surface area contributed by atoms with Gasteiger partial charge < -0.3 is 32.3 Å². The van der Waals surface area contributed by atoms with Gasteiger partial charge in [0.15, 0.2) is 5.96 Å². The number of rotatable bonds is 12. The highest BCUT2D eigenvalue weighted by Crippen LogP contribution is 2.33. The van der Waals surface area contributed by atoms with Crippen LogP contribution in [0.5, 0.6) is 0 Å². The first kappa shape index (κ1) is 22.1. The van der Waals surface area contributed by atoms with E-state index in [2.05, 4.69) is 20.9 Å². The van der Waals surface area contributed by atoms with Crippen LogP contribution in [0.2, 0.25) is 0 Å². The van der Waals surface area contributed by atoms with Gasteiger partial charge in [-0.2, -0.15) is 11.8 Å². The number of hydrogen-bond donors (Lipinski definition) is 7. The van der Waals surface area contributed by atoms with Crippen LogP contribution in [-0.2, 0) is 9.59 Å². The summed E-state index contributed by atoms with van der Waals surface area (Å²) in [6.07, 6.45) is 2.31. The number of carboxylic acids is 2. The lowest BCUT2D eigenvalue weighted by Crippen LogP contribution is -2.47. The van der Waals surface area contributed by atoms with Crippen LogP contribution < -0.4 is 27.4 Å². The molecule has 2 rings (SSSR count). The topological polar surface area (TPSA) is 192 Å². The van der Waals surface area contributed by atoms with E-state index in [1.165, 1.54) is 0 Å². The minimum absolute atomic E-state index is 0.0658. The lowest BCUT2D eigenvalue weighted by molar-refractivity contribution is -0.142. The quantitative estimate of drug-likeness (QED) is 0.0892. The zero-order valence-electron chi connectivity index (χ0n) is 15.5. The van der Waals surface area contributed by atoms with Crippen molar-refractivity contribution in [3.05, 3.63) is 0 Å². The number of urea groups is 1. The van der Waals surface area contributed by atoms with Gasteiger partial charge in [0, 0.05) is 17.5 Å². The molecule has 0 aromatic rings. The predicted octanol–water partition coefficient (Wildman–Crippen LogP) is -1.13. The number of hydrogen-bond acceptors (Lipinski definition) is 6. The minimum Gasteiger partial charge on any atom is -0.480 e. The summed E-state index contributed by atoms with van der Waals surface area (Å²) in [7, 11) is 0. The van der Waals surface area contributed by atoms with E-state index in [0.717, 1.165) is 12.2 Å². The summed E-state index contributed by atoms with van der Waals surface area (Å²) in [5.41, 5.74) is 10.5. The number of carboxylic acid groups (broad SMARTS) is 2. The Bertz CT molecular complexity index is 614. The molecule has 2 fully saturated rings. The van der Waals surface area contributed by atoms with Crippen molar-refractivity contribution in [2.75, 3.05) is 12.3 Å². The van der Waals surface area contributed by atoms with E-state index < -0.39 is 24.0 Å². The van der Waals surface area contributed by atoms with Crippen molar-refractivity contribution in [3.8, 4) is 0 Å². The number of nitrogens with one attached hydrogen (secondary N) is 3. The van der Waals surface area contributed by atoms with Gasteiger partial charge in [0.2, 0.25) is 0 Å². The van der Waals surface area contributed by atoms with Gasteiger partial charge in [-0.25, -0.2) is 4.79 Å². The molecule has 0 aromatic carbocycles. The molecular weight excluding hydrogens is 388 g/mol. The van der Waals surface area contributed by atoms with Crippen molar-refractivity contribution in [2.45, 2.75) is 61.5 Å². The molecule has 2 amide bonds. The summed E-state index contributed by atoms with van der Waals surface area (Å²) < 4.78 is 0. The Morgan fingerprint density at radius 1 is 1.18 bits per heavy atom. The molecule has 11 nitrogen and oxygen atoms in total. The van der Waals surface area contributed by atoms with Crippen molar-refractivity contribution in [3.63, 3.8) is 0 Å². The highest BCUT2D eigenvalue weighted by atomic mass is 32.2. The van der Waals surface area contributed by atoms with E-state index in [-0.39, 0.29) is 42.3 Å². The molecule has 0 aromatic heterocycles. The summed E-state index contributed by atoms with van der Waals surface area (Å²) in [4.78, 5) is 38.2. The van der Waals surface area contributed by atoms with E-state index in [1.54, 1.807) is 11.8 Å². The maximum absolute atomic E-state index is 11.5. The number of nitrogens with two attached hydrogens (primary N) is 2. The Hall–Kier alpha value is -2.21. The van der Waals surface area contributed by atoms with Crippen molar-refractivity contribution in [1.82, 2.24) is 16.0 Å². The van der Waals surface area contributed by atoms with Crippen LogP contribution in [0.4, 0.5) is 4.79 Å². The fourth-order valence-electron chi connectivity index (χ4n) is 3.47. The summed E-state index contributed by atoms with van der Waals surface area (Å²) >= 11 is 1.76. The Labute approximate surface area is 167 Å². The number of guanidine groups is 1. The van der Waals surface area contributed by atoms with Crippen molar-refractivity contribution in [2.24, 2.45) is 16.5 Å². The van der Waals surface area contributed by atoms with E-state index in [0.29, 0.717) is 19.3 Å². The molecule has 158 valence electrons. The molecule has 2 heterocycles. The molecule has 12 heteroatoms. The highest BCUT2D eigenvalue weighted by Gasteiger charge is 2.42. The maximum Gasteiger partial charge on any atom is 0.320 e. The molecule has 9 N–H and O–H groups in total. The van der Waals surface area contributed by atoms with Crippen molar-refractivity contribution in [1.29, 1.82) is 0 Å². The third kappa shape index (κ3) is 6.44. The highest BCUT2D eigenvalue weighted by molar-refractivity contribution is 8.00. The van der Waals surface area contributed by atoms with Gasteiger partial charge in [0.05, 0.1) is 12.1 Å². The Balaban J connectivity index is 1.79. The van der Waals surface area contributed by atoms with E-state index in [9.17, 15) is 24.6 Å². The largest absolute Gasteiger partial charge is 0.480 e. The van der Waals surface area contributed by atoms with E-state index in [4.69, 9.17) is 11.5 Å². The van der Waals surface area contributed by atoms with Gasteiger partial charge in [-0.05, 0) is 25.7 Å². The maximum atomic E-state index is 11.5. The molecule has 2 aliphatic heterocycles. The third-order valence-electron chi connectivity index (χ3n) is 4.86. The second-order valence-electron chi connectivity index (χ2n) is 6.95. The molecule has 2 aliphatic rings. The minimum atomic E-state index is -1.11. The number of aliphatic carboxylic acids is 2. The van der Waals surface area contributed by atoms with Crippen molar-refractivity contribution >= 4 is 35.7 Å². The first-order valence-corrected chi connectivity index (χ1v) is 10.3. The van der Waals surface area contributed by atoms with Crippen LogP contribution in [0.3, 0.4) is 0 Å². The van der Waals surface area contributed by atoms with Crippen LogP contribution in [0.15, 0.2) is 4.99 Å². The number of fused-ring (bicyclic) bond motifs is 1. The zero-order valence-corrected chi connectivity index (χ0v) is 16.3. The van der Waals surface area contributed by atoms with Gasteiger partial charge in [-0.15, -0.1) is 0 Å². The SMILES string of the molecule is NC(N)=NCCC[C@H](NC(CCC[C@@H]1SC[C@@H]2NC(=O)N[C@@H]21)C(=O)O)C(=O)O.